The molecule has 1 saturated carbocycles. The molecule has 1 nitrogen and oxygen atoms in total. The molecule has 18 heavy (non-hydrogen) atoms. The maximum absolute atomic E-state index is 6.52. The van der Waals surface area contributed by atoms with E-state index in [-0.39, 0.29) is 0 Å². The largest absolute Gasteiger partial charge is 0.414 e. The molecule has 0 amide bonds. The van der Waals surface area contributed by atoms with Crippen molar-refractivity contribution >= 4 is 19.9 Å². The Morgan fingerprint density at radius 2 is 1.94 bits per heavy atom. The zero-order chi connectivity index (χ0) is 14.0. The summed E-state index contributed by atoms with van der Waals surface area (Å²) in [6.45, 7) is 13.9. The van der Waals surface area contributed by atoms with Crippen molar-refractivity contribution in [3.05, 3.63) is 11.6 Å². The van der Waals surface area contributed by atoms with E-state index in [4.69, 9.17) is 16.0 Å². The lowest BCUT2D eigenvalue weighted by molar-refractivity contribution is 0.145. The molecular weight excluding hydrogens is 260 g/mol. The molecule has 0 saturated heterocycles. The minimum atomic E-state index is -1.63. The molecule has 2 atom stereocenters. The lowest BCUT2D eigenvalue weighted by Crippen LogP contribution is -2.44. The number of allylic oxidation sites excluding steroid dienone is 1. The molecule has 1 aliphatic carbocycles. The van der Waals surface area contributed by atoms with E-state index in [0.717, 1.165) is 6.42 Å². The number of hydrogen-bond donors (Lipinski definition) is 0. The Morgan fingerprint density at radius 1 is 1.33 bits per heavy atom. The van der Waals surface area contributed by atoms with Crippen LogP contribution in [0.25, 0.3) is 0 Å². The molecule has 1 aliphatic rings. The van der Waals surface area contributed by atoms with Gasteiger partial charge in [-0.2, -0.15) is 0 Å². The van der Waals surface area contributed by atoms with Crippen LogP contribution in [0.3, 0.4) is 0 Å². The van der Waals surface area contributed by atoms with E-state index < -0.39 is 8.32 Å². The van der Waals surface area contributed by atoms with Gasteiger partial charge in [0, 0.05) is 12.0 Å². The van der Waals surface area contributed by atoms with Crippen molar-refractivity contribution in [1.82, 2.24) is 0 Å². The molecule has 0 aromatic carbocycles. The number of halogens is 1. The molecule has 0 heterocycles. The Labute approximate surface area is 119 Å². The molecule has 0 aromatic rings. The first kappa shape index (κ1) is 16.3. The first-order valence-electron chi connectivity index (χ1n) is 7.10. The summed E-state index contributed by atoms with van der Waals surface area (Å²) in [5, 5.41) is 0.298. The lowest BCUT2D eigenvalue weighted by atomic mass is 9.84. The second kappa shape index (κ2) is 6.11. The topological polar surface area (TPSA) is 9.23 Å². The van der Waals surface area contributed by atoms with Gasteiger partial charge in [-0.15, -0.1) is 11.6 Å². The molecule has 1 rings (SSSR count). The summed E-state index contributed by atoms with van der Waals surface area (Å²) in [7, 11) is -1.63. The van der Waals surface area contributed by atoms with Crippen LogP contribution in [0.5, 0.6) is 0 Å². The van der Waals surface area contributed by atoms with Crippen molar-refractivity contribution in [2.24, 2.45) is 5.92 Å². The van der Waals surface area contributed by atoms with Crippen LogP contribution in [0.1, 0.15) is 47.0 Å². The SMILES string of the molecule is C[C@H]1CC[C@H](O[Si](C)(C)C(C)(C)C)C/C1=C\CCl. The third-order valence-electron chi connectivity index (χ3n) is 4.62. The standard InChI is InChI=1S/C15H29ClOSi/c1-12-7-8-14(11-13(12)9-10-16)17-18(5,6)15(2,3)4/h9,12,14H,7-8,10-11H2,1-6H3/b13-9+/t12-,14-/m0/s1. The van der Waals surface area contributed by atoms with E-state index >= 15 is 0 Å². The monoisotopic (exact) mass is 288 g/mol. The highest BCUT2D eigenvalue weighted by Gasteiger charge is 2.40. The van der Waals surface area contributed by atoms with Gasteiger partial charge in [0.25, 0.3) is 0 Å². The zero-order valence-corrected chi connectivity index (χ0v) is 14.6. The predicted octanol–water partition coefficient (Wildman–Crippen LogP) is 5.36. The zero-order valence-electron chi connectivity index (χ0n) is 12.8. The van der Waals surface area contributed by atoms with Gasteiger partial charge in [-0.25, -0.2) is 0 Å². The van der Waals surface area contributed by atoms with Crippen molar-refractivity contribution in [1.29, 1.82) is 0 Å². The average Bonchev–Trinajstić information content (AvgIpc) is 2.21. The van der Waals surface area contributed by atoms with E-state index in [9.17, 15) is 0 Å². The van der Waals surface area contributed by atoms with Crippen molar-refractivity contribution in [3.63, 3.8) is 0 Å². The Morgan fingerprint density at radius 3 is 2.44 bits per heavy atom. The maximum Gasteiger partial charge on any atom is 0.192 e. The molecule has 0 N–H and O–H groups in total. The lowest BCUT2D eigenvalue weighted by Gasteiger charge is -2.41. The maximum atomic E-state index is 6.52. The Balaban J connectivity index is 2.67. The average molecular weight is 289 g/mol. The van der Waals surface area contributed by atoms with E-state index in [1.54, 1.807) is 0 Å². The Bertz CT molecular complexity index is 304. The van der Waals surface area contributed by atoms with Gasteiger partial charge < -0.3 is 4.43 Å². The van der Waals surface area contributed by atoms with E-state index in [2.05, 4.69) is 46.9 Å². The number of hydrogen-bond acceptors (Lipinski definition) is 1. The Kier molecular flexibility index (Phi) is 5.52. The number of rotatable bonds is 3. The van der Waals surface area contributed by atoms with Gasteiger partial charge in [0.15, 0.2) is 8.32 Å². The highest BCUT2D eigenvalue weighted by Crippen LogP contribution is 2.40. The fraction of sp³-hybridized carbons (Fsp3) is 0.867. The molecular formula is C15H29ClOSi. The normalized spacial score (nSPS) is 28.7. The quantitative estimate of drug-likeness (QED) is 0.386. The van der Waals surface area contributed by atoms with Crippen molar-refractivity contribution < 1.29 is 4.43 Å². The fourth-order valence-corrected chi connectivity index (χ4v) is 3.85. The Hall–Kier alpha value is 0.207. The molecule has 3 heteroatoms. The van der Waals surface area contributed by atoms with Crippen molar-refractivity contribution in [2.75, 3.05) is 5.88 Å². The summed E-state index contributed by atoms with van der Waals surface area (Å²) < 4.78 is 6.52. The van der Waals surface area contributed by atoms with Gasteiger partial charge in [0.2, 0.25) is 0 Å². The molecule has 0 spiro atoms. The van der Waals surface area contributed by atoms with Crippen LogP contribution in [0.4, 0.5) is 0 Å². The summed E-state index contributed by atoms with van der Waals surface area (Å²) >= 11 is 5.85. The van der Waals surface area contributed by atoms with Crippen LogP contribution in [0.15, 0.2) is 11.6 Å². The molecule has 0 radical (unpaired) electrons. The predicted molar refractivity (Wildman–Crippen MR) is 83.9 cm³/mol. The summed E-state index contributed by atoms with van der Waals surface area (Å²) in [4.78, 5) is 0. The summed E-state index contributed by atoms with van der Waals surface area (Å²) in [5.74, 6) is 1.31. The van der Waals surface area contributed by atoms with Crippen LogP contribution >= 0.6 is 11.6 Å². The molecule has 1 fully saturated rings. The van der Waals surface area contributed by atoms with Crippen molar-refractivity contribution in [3.8, 4) is 0 Å². The van der Waals surface area contributed by atoms with E-state index in [1.807, 2.05) is 0 Å². The van der Waals surface area contributed by atoms with Gasteiger partial charge >= 0.3 is 0 Å². The second-order valence-electron chi connectivity index (χ2n) is 7.12. The number of alkyl halides is 1. The highest BCUT2D eigenvalue weighted by atomic mass is 35.5. The molecule has 0 aliphatic heterocycles. The van der Waals surface area contributed by atoms with Gasteiger partial charge in [0.1, 0.15) is 0 Å². The minimum absolute atomic E-state index is 0.298. The molecule has 0 bridgehead atoms. The van der Waals surface area contributed by atoms with Gasteiger partial charge in [0.05, 0.1) is 0 Å². The first-order valence-corrected chi connectivity index (χ1v) is 10.5. The molecule has 106 valence electrons. The van der Waals surface area contributed by atoms with Crippen LogP contribution in [-0.4, -0.2) is 20.3 Å². The van der Waals surface area contributed by atoms with Crippen LogP contribution in [0, 0.1) is 5.92 Å². The molecule has 0 aromatic heterocycles. The van der Waals surface area contributed by atoms with Gasteiger partial charge in [-0.1, -0.05) is 39.3 Å². The highest BCUT2D eigenvalue weighted by molar-refractivity contribution is 6.74. The van der Waals surface area contributed by atoms with E-state index in [0.29, 0.717) is 22.9 Å². The van der Waals surface area contributed by atoms with Gasteiger partial charge in [-0.3, -0.25) is 0 Å². The smallest absolute Gasteiger partial charge is 0.192 e. The third kappa shape index (κ3) is 4.11. The second-order valence-corrected chi connectivity index (χ2v) is 12.2. The fourth-order valence-electron chi connectivity index (χ4n) is 2.27. The van der Waals surface area contributed by atoms with Crippen LogP contribution in [-0.2, 0) is 4.43 Å². The summed E-state index contributed by atoms with van der Waals surface area (Å²) in [6.07, 6.45) is 6.12. The van der Waals surface area contributed by atoms with Crippen LogP contribution in [0.2, 0.25) is 18.1 Å². The van der Waals surface area contributed by atoms with Gasteiger partial charge in [-0.05, 0) is 43.3 Å². The minimum Gasteiger partial charge on any atom is -0.414 e. The van der Waals surface area contributed by atoms with Crippen LogP contribution < -0.4 is 0 Å². The first-order chi connectivity index (χ1) is 8.17. The van der Waals surface area contributed by atoms with Crippen molar-refractivity contribution in [2.45, 2.75) is 71.2 Å². The summed E-state index contributed by atoms with van der Waals surface area (Å²) in [5.41, 5.74) is 1.50. The third-order valence-corrected chi connectivity index (χ3v) is 9.31. The summed E-state index contributed by atoms with van der Waals surface area (Å²) in [6, 6.07) is 0. The van der Waals surface area contributed by atoms with E-state index in [1.165, 1.54) is 18.4 Å². The molecule has 0 unspecified atom stereocenters.